The first-order chi connectivity index (χ1) is 4.88. The average molecular weight is 143 g/mol. The van der Waals surface area contributed by atoms with Gasteiger partial charge in [0.25, 0.3) is 0 Å². The predicted molar refractivity (Wildman–Crippen MR) is 33.4 cm³/mol. The molecule has 1 fully saturated rings. The van der Waals surface area contributed by atoms with Crippen molar-refractivity contribution in [1.82, 2.24) is 4.90 Å². The van der Waals surface area contributed by atoms with Crippen molar-refractivity contribution in [1.29, 1.82) is 0 Å². The monoisotopic (exact) mass is 143 g/mol. The number of hydrogen-bond donors (Lipinski definition) is 0. The zero-order valence-electron chi connectivity index (χ0n) is 5.53. The largest absolute Gasteiger partial charge is 0.377 e. The fraction of sp³-hybridized carbons (Fsp3) is 0.667. The van der Waals surface area contributed by atoms with Crippen LogP contribution in [0.4, 0.5) is 0 Å². The zero-order chi connectivity index (χ0) is 7.40. The summed E-state index contributed by atoms with van der Waals surface area (Å²) in [6.45, 7) is 1.39. The molecule has 0 saturated carbocycles. The van der Waals surface area contributed by atoms with Gasteiger partial charge in [0.1, 0.15) is 12.3 Å². The van der Waals surface area contributed by atoms with Gasteiger partial charge >= 0.3 is 0 Å². The summed E-state index contributed by atoms with van der Waals surface area (Å²) >= 11 is 0. The van der Waals surface area contributed by atoms with Gasteiger partial charge in [-0.1, -0.05) is 0 Å². The molecule has 0 radical (unpaired) electrons. The highest BCUT2D eigenvalue weighted by Gasteiger charge is 2.19. The number of aldehydes is 1. The van der Waals surface area contributed by atoms with Crippen LogP contribution >= 0.6 is 0 Å². The molecule has 1 saturated heterocycles. The minimum Gasteiger partial charge on any atom is -0.377 e. The van der Waals surface area contributed by atoms with Crippen LogP contribution in [0.25, 0.3) is 0 Å². The lowest BCUT2D eigenvalue weighted by Crippen LogP contribution is -2.45. The Labute approximate surface area is 58.8 Å². The molecule has 1 unspecified atom stereocenters. The van der Waals surface area contributed by atoms with Crippen LogP contribution in [0, 0.1) is 0 Å². The van der Waals surface area contributed by atoms with Crippen LogP contribution in [0.3, 0.4) is 0 Å². The van der Waals surface area contributed by atoms with E-state index in [-0.39, 0.29) is 6.04 Å². The molecule has 1 aliphatic rings. The number of rotatable bonds is 2. The second-order valence-corrected chi connectivity index (χ2v) is 2.12. The Bertz CT molecular complexity index is 121. The minimum atomic E-state index is -0.369. The van der Waals surface area contributed by atoms with Crippen molar-refractivity contribution in [2.45, 2.75) is 6.04 Å². The second-order valence-electron chi connectivity index (χ2n) is 2.12. The standard InChI is InChI=1S/C6H9NO3/c8-3-6-4-10-2-1-7(6)5-9/h3,5-6H,1-2,4H2. The van der Waals surface area contributed by atoms with Crippen molar-refractivity contribution in [3.8, 4) is 0 Å². The maximum Gasteiger partial charge on any atom is 0.210 e. The van der Waals surface area contributed by atoms with E-state index in [4.69, 9.17) is 4.74 Å². The van der Waals surface area contributed by atoms with Crippen molar-refractivity contribution in [3.05, 3.63) is 0 Å². The molecular formula is C6H9NO3. The number of morpholine rings is 1. The van der Waals surface area contributed by atoms with E-state index in [1.54, 1.807) is 0 Å². The molecule has 0 bridgehead atoms. The van der Waals surface area contributed by atoms with E-state index in [2.05, 4.69) is 0 Å². The number of ether oxygens (including phenoxy) is 1. The van der Waals surface area contributed by atoms with Gasteiger partial charge in [0, 0.05) is 6.54 Å². The van der Waals surface area contributed by atoms with Gasteiger partial charge < -0.3 is 14.4 Å². The van der Waals surface area contributed by atoms with Crippen LogP contribution < -0.4 is 0 Å². The molecule has 0 aromatic carbocycles. The Morgan fingerprint density at radius 2 is 2.30 bits per heavy atom. The van der Waals surface area contributed by atoms with Gasteiger partial charge in [0.05, 0.1) is 13.2 Å². The van der Waals surface area contributed by atoms with Gasteiger partial charge in [0.2, 0.25) is 6.41 Å². The SMILES string of the molecule is O=CC1COCCN1C=O. The van der Waals surface area contributed by atoms with Gasteiger partial charge in [0.15, 0.2) is 0 Å². The number of nitrogens with zero attached hydrogens (tertiary/aromatic N) is 1. The van der Waals surface area contributed by atoms with Crippen LogP contribution in [0.15, 0.2) is 0 Å². The third kappa shape index (κ3) is 1.33. The van der Waals surface area contributed by atoms with E-state index in [0.717, 1.165) is 6.29 Å². The van der Waals surface area contributed by atoms with Crippen molar-refractivity contribution in [2.75, 3.05) is 19.8 Å². The van der Waals surface area contributed by atoms with E-state index in [9.17, 15) is 9.59 Å². The molecule has 4 heteroatoms. The molecular weight excluding hydrogens is 134 g/mol. The number of hydrogen-bond acceptors (Lipinski definition) is 3. The van der Waals surface area contributed by atoms with Crippen molar-refractivity contribution in [3.63, 3.8) is 0 Å². The van der Waals surface area contributed by atoms with E-state index in [0.29, 0.717) is 26.2 Å². The van der Waals surface area contributed by atoms with Crippen molar-refractivity contribution in [2.24, 2.45) is 0 Å². The number of carbonyl (C=O) groups is 2. The molecule has 1 amide bonds. The average Bonchev–Trinajstić information content (AvgIpc) is 2.04. The van der Waals surface area contributed by atoms with Gasteiger partial charge in [-0.3, -0.25) is 4.79 Å². The molecule has 4 nitrogen and oxygen atoms in total. The first kappa shape index (κ1) is 7.21. The lowest BCUT2D eigenvalue weighted by atomic mass is 10.3. The summed E-state index contributed by atoms with van der Waals surface area (Å²) in [4.78, 5) is 21.9. The highest BCUT2D eigenvalue weighted by Crippen LogP contribution is 2.00. The molecule has 10 heavy (non-hydrogen) atoms. The van der Waals surface area contributed by atoms with Crippen LogP contribution in [-0.2, 0) is 14.3 Å². The topological polar surface area (TPSA) is 46.6 Å². The maximum atomic E-state index is 10.2. The van der Waals surface area contributed by atoms with Gasteiger partial charge in [-0.25, -0.2) is 0 Å². The number of carbonyl (C=O) groups excluding carboxylic acids is 2. The molecule has 1 rings (SSSR count). The third-order valence-electron chi connectivity index (χ3n) is 1.50. The quantitative estimate of drug-likeness (QED) is 0.468. The highest BCUT2D eigenvalue weighted by atomic mass is 16.5. The summed E-state index contributed by atoms with van der Waals surface area (Å²) in [6, 6.07) is -0.369. The summed E-state index contributed by atoms with van der Waals surface area (Å²) in [5, 5.41) is 0. The molecule has 0 aromatic heterocycles. The van der Waals surface area contributed by atoms with Crippen LogP contribution in [-0.4, -0.2) is 43.4 Å². The molecule has 56 valence electrons. The molecule has 1 aliphatic heterocycles. The number of amides is 1. The van der Waals surface area contributed by atoms with Crippen LogP contribution in [0.1, 0.15) is 0 Å². The predicted octanol–water partition coefficient (Wildman–Crippen LogP) is -0.957. The Kier molecular flexibility index (Phi) is 2.39. The lowest BCUT2D eigenvalue weighted by molar-refractivity contribution is -0.132. The summed E-state index contributed by atoms with van der Waals surface area (Å²) in [7, 11) is 0. The minimum absolute atomic E-state index is 0.336. The normalized spacial score (nSPS) is 26.0. The fourth-order valence-electron chi connectivity index (χ4n) is 0.884. The van der Waals surface area contributed by atoms with Crippen LogP contribution in [0.5, 0.6) is 0 Å². The van der Waals surface area contributed by atoms with E-state index < -0.39 is 0 Å². The Hall–Kier alpha value is -0.900. The molecule has 1 atom stereocenters. The van der Waals surface area contributed by atoms with Gasteiger partial charge in [-0.05, 0) is 0 Å². The van der Waals surface area contributed by atoms with Crippen molar-refractivity contribution < 1.29 is 14.3 Å². The Morgan fingerprint density at radius 1 is 1.50 bits per heavy atom. The summed E-state index contributed by atoms with van der Waals surface area (Å²) < 4.78 is 4.97. The second kappa shape index (κ2) is 3.31. The lowest BCUT2D eigenvalue weighted by Gasteiger charge is -2.28. The summed E-state index contributed by atoms with van der Waals surface area (Å²) in [5.41, 5.74) is 0. The molecule has 0 spiro atoms. The highest BCUT2D eigenvalue weighted by molar-refractivity contribution is 5.64. The maximum absolute atomic E-state index is 10.2. The van der Waals surface area contributed by atoms with E-state index in [1.807, 2.05) is 0 Å². The Balaban J connectivity index is 2.49. The van der Waals surface area contributed by atoms with Gasteiger partial charge in [-0.15, -0.1) is 0 Å². The van der Waals surface area contributed by atoms with Crippen LogP contribution in [0.2, 0.25) is 0 Å². The third-order valence-corrected chi connectivity index (χ3v) is 1.50. The van der Waals surface area contributed by atoms with Crippen molar-refractivity contribution >= 4 is 12.7 Å². The Morgan fingerprint density at radius 3 is 2.80 bits per heavy atom. The zero-order valence-corrected chi connectivity index (χ0v) is 5.53. The molecule has 0 N–H and O–H groups in total. The fourth-order valence-corrected chi connectivity index (χ4v) is 0.884. The summed E-state index contributed by atoms with van der Waals surface area (Å²) in [6.07, 6.45) is 1.41. The molecule has 0 aliphatic carbocycles. The van der Waals surface area contributed by atoms with E-state index >= 15 is 0 Å². The molecule has 0 aromatic rings. The first-order valence-electron chi connectivity index (χ1n) is 3.12. The first-order valence-corrected chi connectivity index (χ1v) is 3.12. The van der Waals surface area contributed by atoms with Gasteiger partial charge in [-0.2, -0.15) is 0 Å². The van der Waals surface area contributed by atoms with E-state index in [1.165, 1.54) is 4.90 Å². The smallest absolute Gasteiger partial charge is 0.210 e. The summed E-state index contributed by atoms with van der Waals surface area (Å²) in [5.74, 6) is 0. The molecule has 1 heterocycles.